The fraction of sp³-hybridized carbons (Fsp3) is 0.294. The minimum absolute atomic E-state index is 0.0243. The number of benzene rings is 2. The highest BCUT2D eigenvalue weighted by Crippen LogP contribution is 2.25. The minimum Gasteiger partial charge on any atom is -0.457 e. The molecule has 0 saturated heterocycles. The second kappa shape index (κ2) is 7.08. The summed E-state index contributed by atoms with van der Waals surface area (Å²) < 4.78 is 5.79. The molecule has 2 rings (SSSR count). The van der Waals surface area contributed by atoms with Gasteiger partial charge in [-0.3, -0.25) is 0 Å². The first-order chi connectivity index (χ1) is 9.76. The molecular formula is C17H21NO2. The van der Waals surface area contributed by atoms with E-state index >= 15 is 0 Å². The van der Waals surface area contributed by atoms with E-state index in [1.165, 1.54) is 5.56 Å². The highest BCUT2D eigenvalue weighted by molar-refractivity contribution is 5.35. The standard InChI is InChI=1S/C17H21NO2/c1-3-17(18-2)14-7-9-15(10-8-14)20-16-6-4-5-13(11-16)12-19/h4-11,17-19H,3,12H2,1-2H3. The SMILES string of the molecule is CCC(NC)c1ccc(Oc2cccc(CO)c2)cc1. The summed E-state index contributed by atoms with van der Waals surface area (Å²) in [7, 11) is 1.97. The Labute approximate surface area is 120 Å². The molecule has 1 atom stereocenters. The van der Waals surface area contributed by atoms with E-state index < -0.39 is 0 Å². The van der Waals surface area contributed by atoms with Gasteiger partial charge in [-0.05, 0) is 48.9 Å². The third-order valence-electron chi connectivity index (χ3n) is 3.36. The Morgan fingerprint density at radius 1 is 1.10 bits per heavy atom. The molecule has 3 nitrogen and oxygen atoms in total. The van der Waals surface area contributed by atoms with Crippen molar-refractivity contribution < 1.29 is 9.84 Å². The Kier molecular flexibility index (Phi) is 5.16. The molecule has 0 bridgehead atoms. The maximum absolute atomic E-state index is 9.12. The summed E-state index contributed by atoms with van der Waals surface area (Å²) in [6.45, 7) is 2.18. The lowest BCUT2D eigenvalue weighted by Gasteiger charge is -2.14. The number of nitrogens with one attached hydrogen (secondary N) is 1. The van der Waals surface area contributed by atoms with Gasteiger partial charge in [0.05, 0.1) is 6.61 Å². The van der Waals surface area contributed by atoms with E-state index in [0.717, 1.165) is 23.5 Å². The van der Waals surface area contributed by atoms with Crippen LogP contribution in [0.5, 0.6) is 11.5 Å². The van der Waals surface area contributed by atoms with Crippen LogP contribution in [0.3, 0.4) is 0 Å². The van der Waals surface area contributed by atoms with Gasteiger partial charge >= 0.3 is 0 Å². The van der Waals surface area contributed by atoms with Gasteiger partial charge < -0.3 is 15.2 Å². The zero-order valence-corrected chi connectivity index (χ0v) is 12.0. The van der Waals surface area contributed by atoms with E-state index in [1.807, 2.05) is 43.4 Å². The zero-order chi connectivity index (χ0) is 14.4. The summed E-state index contributed by atoms with van der Waals surface area (Å²) >= 11 is 0. The molecule has 3 heteroatoms. The van der Waals surface area contributed by atoms with Crippen LogP contribution in [-0.4, -0.2) is 12.2 Å². The van der Waals surface area contributed by atoms with Crippen LogP contribution in [0.2, 0.25) is 0 Å². The third-order valence-corrected chi connectivity index (χ3v) is 3.36. The lowest BCUT2D eigenvalue weighted by atomic mass is 10.0. The van der Waals surface area contributed by atoms with Crippen LogP contribution in [0.1, 0.15) is 30.5 Å². The molecule has 0 aliphatic rings. The first-order valence-electron chi connectivity index (χ1n) is 6.91. The molecule has 2 aromatic rings. The second-order valence-electron chi connectivity index (χ2n) is 4.73. The van der Waals surface area contributed by atoms with E-state index in [2.05, 4.69) is 24.4 Å². The molecule has 0 aliphatic carbocycles. The van der Waals surface area contributed by atoms with Crippen LogP contribution < -0.4 is 10.1 Å². The molecule has 0 aromatic heterocycles. The van der Waals surface area contributed by atoms with Gasteiger partial charge in [-0.2, -0.15) is 0 Å². The normalized spacial score (nSPS) is 12.2. The highest BCUT2D eigenvalue weighted by Gasteiger charge is 2.06. The monoisotopic (exact) mass is 271 g/mol. The van der Waals surface area contributed by atoms with Crippen molar-refractivity contribution in [3.8, 4) is 11.5 Å². The summed E-state index contributed by atoms with van der Waals surface area (Å²) in [5, 5.41) is 12.4. The predicted octanol–water partition coefficient (Wildman–Crippen LogP) is 3.64. The summed E-state index contributed by atoms with van der Waals surface area (Å²) in [5.41, 5.74) is 2.10. The number of ether oxygens (including phenoxy) is 1. The molecule has 106 valence electrons. The Morgan fingerprint density at radius 3 is 2.45 bits per heavy atom. The Hall–Kier alpha value is -1.84. The number of aliphatic hydroxyl groups is 1. The van der Waals surface area contributed by atoms with Gasteiger partial charge in [0.1, 0.15) is 11.5 Å². The molecule has 2 aromatic carbocycles. The van der Waals surface area contributed by atoms with Crippen molar-refractivity contribution in [1.82, 2.24) is 5.32 Å². The molecule has 0 amide bonds. The minimum atomic E-state index is 0.0243. The first-order valence-corrected chi connectivity index (χ1v) is 6.91. The molecule has 0 spiro atoms. The molecule has 0 saturated carbocycles. The molecule has 2 N–H and O–H groups in total. The van der Waals surface area contributed by atoms with E-state index in [9.17, 15) is 0 Å². The average Bonchev–Trinajstić information content (AvgIpc) is 2.50. The van der Waals surface area contributed by atoms with Gasteiger partial charge in [0.25, 0.3) is 0 Å². The topological polar surface area (TPSA) is 41.5 Å². The maximum Gasteiger partial charge on any atom is 0.127 e. The summed E-state index contributed by atoms with van der Waals surface area (Å²) in [5.74, 6) is 1.54. The van der Waals surface area contributed by atoms with Crippen molar-refractivity contribution in [2.45, 2.75) is 26.0 Å². The van der Waals surface area contributed by atoms with Crippen LogP contribution in [0, 0.1) is 0 Å². The first kappa shape index (κ1) is 14.6. The van der Waals surface area contributed by atoms with Gasteiger partial charge in [-0.1, -0.05) is 31.2 Å². The largest absolute Gasteiger partial charge is 0.457 e. The number of aliphatic hydroxyl groups excluding tert-OH is 1. The summed E-state index contributed by atoms with van der Waals surface area (Å²) in [6, 6.07) is 16.0. The van der Waals surface area contributed by atoms with Gasteiger partial charge in [0.15, 0.2) is 0 Å². The van der Waals surface area contributed by atoms with Crippen molar-refractivity contribution in [3.05, 3.63) is 59.7 Å². The summed E-state index contributed by atoms with van der Waals surface area (Å²) in [6.07, 6.45) is 1.05. The molecule has 0 heterocycles. The Balaban J connectivity index is 2.10. The van der Waals surface area contributed by atoms with Gasteiger partial charge in [0.2, 0.25) is 0 Å². The van der Waals surface area contributed by atoms with Crippen molar-refractivity contribution in [1.29, 1.82) is 0 Å². The fourth-order valence-corrected chi connectivity index (χ4v) is 2.22. The van der Waals surface area contributed by atoms with Crippen LogP contribution in [0.25, 0.3) is 0 Å². The van der Waals surface area contributed by atoms with Crippen molar-refractivity contribution >= 4 is 0 Å². The van der Waals surface area contributed by atoms with Crippen LogP contribution in [0.4, 0.5) is 0 Å². The van der Waals surface area contributed by atoms with E-state index in [1.54, 1.807) is 0 Å². The lowest BCUT2D eigenvalue weighted by molar-refractivity contribution is 0.281. The van der Waals surface area contributed by atoms with E-state index in [-0.39, 0.29) is 6.61 Å². The van der Waals surface area contributed by atoms with Gasteiger partial charge in [-0.15, -0.1) is 0 Å². The highest BCUT2D eigenvalue weighted by atomic mass is 16.5. The predicted molar refractivity (Wildman–Crippen MR) is 81.0 cm³/mol. The molecule has 0 fully saturated rings. The average molecular weight is 271 g/mol. The molecule has 1 unspecified atom stereocenters. The maximum atomic E-state index is 9.12. The number of rotatable bonds is 6. The van der Waals surface area contributed by atoms with Gasteiger partial charge in [-0.25, -0.2) is 0 Å². The van der Waals surface area contributed by atoms with E-state index in [4.69, 9.17) is 9.84 Å². The molecular weight excluding hydrogens is 250 g/mol. The Morgan fingerprint density at radius 2 is 1.85 bits per heavy atom. The third kappa shape index (κ3) is 3.59. The number of hydrogen-bond acceptors (Lipinski definition) is 3. The van der Waals surface area contributed by atoms with Gasteiger partial charge in [0, 0.05) is 6.04 Å². The quantitative estimate of drug-likeness (QED) is 0.842. The van der Waals surface area contributed by atoms with E-state index in [0.29, 0.717) is 6.04 Å². The van der Waals surface area contributed by atoms with Crippen LogP contribution in [-0.2, 0) is 6.61 Å². The zero-order valence-electron chi connectivity index (χ0n) is 12.0. The van der Waals surface area contributed by atoms with Crippen LogP contribution in [0.15, 0.2) is 48.5 Å². The Bertz CT molecular complexity index is 533. The van der Waals surface area contributed by atoms with Crippen molar-refractivity contribution in [2.24, 2.45) is 0 Å². The summed E-state index contributed by atoms with van der Waals surface area (Å²) in [4.78, 5) is 0. The fourth-order valence-electron chi connectivity index (χ4n) is 2.22. The lowest BCUT2D eigenvalue weighted by Crippen LogP contribution is -2.14. The molecule has 0 aliphatic heterocycles. The molecule has 0 radical (unpaired) electrons. The van der Waals surface area contributed by atoms with Crippen molar-refractivity contribution in [3.63, 3.8) is 0 Å². The second-order valence-corrected chi connectivity index (χ2v) is 4.73. The van der Waals surface area contributed by atoms with Crippen molar-refractivity contribution in [2.75, 3.05) is 7.05 Å². The number of hydrogen-bond donors (Lipinski definition) is 2. The van der Waals surface area contributed by atoms with Crippen LogP contribution >= 0.6 is 0 Å². The smallest absolute Gasteiger partial charge is 0.127 e. The molecule has 20 heavy (non-hydrogen) atoms.